The molecule has 3 atom stereocenters. The molecule has 0 bridgehead atoms. The van der Waals surface area contributed by atoms with Crippen LogP contribution < -0.4 is 5.32 Å². The van der Waals surface area contributed by atoms with Gasteiger partial charge in [0.1, 0.15) is 11.0 Å². The van der Waals surface area contributed by atoms with Gasteiger partial charge in [-0.05, 0) is 79.3 Å². The van der Waals surface area contributed by atoms with Crippen LogP contribution in [0.15, 0.2) is 71.4 Å². The lowest BCUT2D eigenvalue weighted by Crippen LogP contribution is -2.26. The van der Waals surface area contributed by atoms with Gasteiger partial charge in [0.25, 0.3) is 0 Å². The van der Waals surface area contributed by atoms with E-state index in [2.05, 4.69) is 26.2 Å². The Morgan fingerprint density at radius 2 is 1.74 bits per heavy atom. The second-order valence-corrected chi connectivity index (χ2v) is 15.3. The normalized spacial score (nSPS) is 20.5. The summed E-state index contributed by atoms with van der Waals surface area (Å²) in [7, 11) is 0. The second-order valence-electron chi connectivity index (χ2n) is 14.2. The van der Waals surface area contributed by atoms with E-state index in [0.717, 1.165) is 66.5 Å². The van der Waals surface area contributed by atoms with Crippen molar-refractivity contribution in [1.29, 1.82) is 0 Å². The molecule has 0 radical (unpaired) electrons. The zero-order valence-corrected chi connectivity index (χ0v) is 30.8. The Hall–Kier alpha value is -4.29. The third-order valence-electron chi connectivity index (χ3n) is 10.9. The zero-order valence-electron chi connectivity index (χ0n) is 28.5. The van der Waals surface area contributed by atoms with Crippen molar-refractivity contribution in [2.75, 3.05) is 31.5 Å². The predicted molar refractivity (Wildman–Crippen MR) is 207 cm³/mol. The Morgan fingerprint density at radius 3 is 2.53 bits per heavy atom. The number of carbonyl (C=O) groups is 1. The van der Waals surface area contributed by atoms with Gasteiger partial charge in [-0.25, -0.2) is 9.97 Å². The van der Waals surface area contributed by atoms with Crippen LogP contribution in [0.25, 0.3) is 44.6 Å². The minimum absolute atomic E-state index is 0.0966. The molecule has 3 aromatic heterocycles. The number of β-amino-alcohol motifs (C(OH)–C–C–N with tert-alkyl or cyclic N) is 1. The Labute approximate surface area is 320 Å². The summed E-state index contributed by atoms with van der Waals surface area (Å²) in [4.78, 5) is 30.3. The number of nitrogens with zero attached hydrogens (tertiary/aromatic N) is 5. The third kappa shape index (κ3) is 6.31. The summed E-state index contributed by atoms with van der Waals surface area (Å²) in [6.45, 7) is 3.54. The highest BCUT2D eigenvalue weighted by Gasteiger charge is 2.37. The fourth-order valence-electron chi connectivity index (χ4n) is 8.21. The molecule has 2 saturated heterocycles. The molecule has 270 valence electrons. The van der Waals surface area contributed by atoms with Gasteiger partial charge < -0.3 is 19.9 Å². The van der Waals surface area contributed by atoms with Crippen LogP contribution in [0.3, 0.4) is 0 Å². The number of likely N-dealkylation sites (tertiary alicyclic amines) is 2. The molecule has 0 unspecified atom stereocenters. The standard InChI is InChI=1S/C40H35Cl3N6O4/c41-33-25(26-4-2-6-30(34(26)42)46-38-36-22(9-12-44-38)15-21(17-45-36)18-48-13-11-24(50)20-48)3-1-5-28(33)39-47-31-16-29-27(35(43)37(31)53-39)7-8-32(29)49-14-10-23(19-49)40(51)52/h1-6,9,12,15-17,23-24,32,50H,7-8,10-11,13-14,18-20H2,(H,44,46)(H,51,52)/t23-,24-,32-/m1/s1. The number of rotatable bonds is 8. The predicted octanol–water partition coefficient (Wildman–Crippen LogP) is 8.77. The number of nitrogens with one attached hydrogen (secondary N) is 1. The van der Waals surface area contributed by atoms with Crippen LogP contribution in [0.1, 0.15) is 42.0 Å². The first-order valence-corrected chi connectivity index (χ1v) is 18.9. The number of aromatic nitrogens is 3. The van der Waals surface area contributed by atoms with Crippen LogP contribution in [0.2, 0.25) is 15.1 Å². The molecular formula is C40H35Cl3N6O4. The summed E-state index contributed by atoms with van der Waals surface area (Å²) in [5, 5.41) is 25.2. The molecule has 0 amide bonds. The molecule has 6 aromatic rings. The Bertz CT molecular complexity index is 2420. The van der Waals surface area contributed by atoms with Gasteiger partial charge in [0.05, 0.1) is 38.3 Å². The monoisotopic (exact) mass is 768 g/mol. The summed E-state index contributed by atoms with van der Waals surface area (Å²) >= 11 is 21.2. The minimum Gasteiger partial charge on any atom is -0.481 e. The van der Waals surface area contributed by atoms with Crippen molar-refractivity contribution in [3.05, 3.63) is 98.7 Å². The van der Waals surface area contributed by atoms with Crippen molar-refractivity contribution in [2.45, 2.75) is 44.4 Å². The van der Waals surface area contributed by atoms with Crippen LogP contribution in [0, 0.1) is 5.92 Å². The number of benzene rings is 3. The molecule has 0 spiro atoms. The Balaban J connectivity index is 1.00. The Morgan fingerprint density at radius 1 is 0.925 bits per heavy atom. The number of aliphatic carboxylic acids is 1. The average Bonchev–Trinajstić information content (AvgIpc) is 3.97. The van der Waals surface area contributed by atoms with E-state index >= 15 is 0 Å². The molecule has 3 aromatic carbocycles. The highest BCUT2D eigenvalue weighted by Crippen LogP contribution is 2.47. The molecule has 5 heterocycles. The van der Waals surface area contributed by atoms with Crippen LogP contribution in [-0.2, 0) is 17.8 Å². The van der Waals surface area contributed by atoms with E-state index in [-0.39, 0.29) is 18.1 Å². The average molecular weight is 770 g/mol. The van der Waals surface area contributed by atoms with Crippen molar-refractivity contribution in [2.24, 2.45) is 5.92 Å². The van der Waals surface area contributed by atoms with Gasteiger partial charge in [0, 0.05) is 61.1 Å². The van der Waals surface area contributed by atoms with E-state index in [1.54, 1.807) is 6.20 Å². The number of hydrogen-bond acceptors (Lipinski definition) is 9. The fourth-order valence-corrected chi connectivity index (χ4v) is 9.13. The first kappa shape index (κ1) is 34.5. The molecule has 2 aliphatic heterocycles. The van der Waals surface area contributed by atoms with Gasteiger partial charge in [-0.2, -0.15) is 0 Å². The number of carboxylic acid groups (broad SMARTS) is 1. The molecule has 0 saturated carbocycles. The largest absolute Gasteiger partial charge is 0.481 e. The van der Waals surface area contributed by atoms with Gasteiger partial charge in [0.2, 0.25) is 5.89 Å². The number of carboxylic acids is 1. The highest BCUT2D eigenvalue weighted by molar-refractivity contribution is 6.39. The highest BCUT2D eigenvalue weighted by atomic mass is 35.5. The topological polar surface area (TPSA) is 128 Å². The van der Waals surface area contributed by atoms with E-state index in [0.29, 0.717) is 79.8 Å². The van der Waals surface area contributed by atoms with Crippen molar-refractivity contribution in [3.63, 3.8) is 0 Å². The molecule has 53 heavy (non-hydrogen) atoms. The second kappa shape index (κ2) is 13.8. The molecule has 13 heteroatoms. The van der Waals surface area contributed by atoms with E-state index < -0.39 is 5.97 Å². The number of aliphatic hydroxyl groups excluding tert-OH is 1. The summed E-state index contributed by atoms with van der Waals surface area (Å²) in [6, 6.07) is 17.5. The maximum atomic E-state index is 11.6. The van der Waals surface area contributed by atoms with E-state index in [1.165, 1.54) is 0 Å². The van der Waals surface area contributed by atoms with Gasteiger partial charge in [-0.15, -0.1) is 0 Å². The van der Waals surface area contributed by atoms with Crippen LogP contribution in [-0.4, -0.2) is 73.2 Å². The quantitative estimate of drug-likeness (QED) is 0.138. The third-order valence-corrected chi connectivity index (χ3v) is 12.1. The van der Waals surface area contributed by atoms with Crippen molar-refractivity contribution >= 4 is 74.3 Å². The smallest absolute Gasteiger partial charge is 0.307 e. The zero-order chi connectivity index (χ0) is 36.4. The van der Waals surface area contributed by atoms with Crippen LogP contribution in [0.4, 0.5) is 11.5 Å². The van der Waals surface area contributed by atoms with Gasteiger partial charge in [-0.3, -0.25) is 19.6 Å². The van der Waals surface area contributed by atoms with E-state index in [9.17, 15) is 15.0 Å². The first-order chi connectivity index (χ1) is 25.7. The lowest BCUT2D eigenvalue weighted by atomic mass is 10.0. The minimum atomic E-state index is -0.742. The first-order valence-electron chi connectivity index (χ1n) is 17.8. The molecule has 9 rings (SSSR count). The maximum absolute atomic E-state index is 11.6. The van der Waals surface area contributed by atoms with Crippen LogP contribution >= 0.6 is 34.8 Å². The fraction of sp³-hybridized carbons (Fsp3) is 0.300. The van der Waals surface area contributed by atoms with Gasteiger partial charge in [0.15, 0.2) is 11.4 Å². The number of anilines is 2. The number of aliphatic hydroxyl groups is 1. The number of hydrogen-bond donors (Lipinski definition) is 3. The van der Waals surface area contributed by atoms with Crippen molar-refractivity contribution < 1.29 is 19.4 Å². The number of pyridine rings is 2. The lowest BCUT2D eigenvalue weighted by molar-refractivity contribution is -0.141. The number of halogens is 3. The molecule has 10 nitrogen and oxygen atoms in total. The Kier molecular flexibility index (Phi) is 9.01. The summed E-state index contributed by atoms with van der Waals surface area (Å²) in [5.74, 6) is -0.168. The maximum Gasteiger partial charge on any atom is 0.307 e. The van der Waals surface area contributed by atoms with Crippen LogP contribution in [0.5, 0.6) is 0 Å². The SMILES string of the molecule is O=C(O)[C@@H]1CCN([C@@H]2CCc3c2cc2nc(-c4cccc(-c5cccc(Nc6nccc7cc(CN8CC[C@@H](O)C8)cnc67)c5Cl)c4Cl)oc2c3Cl)C1. The molecular weight excluding hydrogens is 735 g/mol. The van der Waals surface area contributed by atoms with E-state index in [4.69, 9.17) is 49.2 Å². The molecule has 3 N–H and O–H groups in total. The molecule has 2 fully saturated rings. The molecule has 3 aliphatic rings. The number of fused-ring (bicyclic) bond motifs is 3. The summed E-state index contributed by atoms with van der Waals surface area (Å²) in [5.41, 5.74) is 7.72. The number of oxazole rings is 1. The molecule has 1 aliphatic carbocycles. The summed E-state index contributed by atoms with van der Waals surface area (Å²) in [6.07, 6.45) is 6.44. The van der Waals surface area contributed by atoms with Crippen molar-refractivity contribution in [3.8, 4) is 22.6 Å². The van der Waals surface area contributed by atoms with E-state index in [1.807, 2.05) is 54.7 Å². The van der Waals surface area contributed by atoms with Crippen molar-refractivity contribution in [1.82, 2.24) is 24.8 Å². The summed E-state index contributed by atoms with van der Waals surface area (Å²) < 4.78 is 6.32. The lowest BCUT2D eigenvalue weighted by Gasteiger charge is -2.24. The van der Waals surface area contributed by atoms with Gasteiger partial charge in [-0.1, -0.05) is 59.1 Å². The van der Waals surface area contributed by atoms with Gasteiger partial charge >= 0.3 is 5.97 Å².